The predicted molar refractivity (Wildman–Crippen MR) is 111 cm³/mol. The van der Waals surface area contributed by atoms with Crippen molar-refractivity contribution in [3.63, 3.8) is 0 Å². The maximum absolute atomic E-state index is 13.5. The number of piperidine rings is 1. The largest absolute Gasteiger partial charge is 0.421 e. The molecule has 3 rings (SSSR count). The number of halogens is 3. The first-order valence-corrected chi connectivity index (χ1v) is 11.4. The second-order valence-electron chi connectivity index (χ2n) is 7.19. The van der Waals surface area contributed by atoms with Gasteiger partial charge in [0.25, 0.3) is 0 Å². The van der Waals surface area contributed by atoms with Crippen molar-refractivity contribution in [2.75, 3.05) is 41.3 Å². The lowest BCUT2D eigenvalue weighted by Crippen LogP contribution is -2.35. The molecule has 0 saturated carbocycles. The molecule has 170 valence electrons. The van der Waals surface area contributed by atoms with Crippen LogP contribution in [0, 0.1) is 0 Å². The van der Waals surface area contributed by atoms with Gasteiger partial charge >= 0.3 is 6.18 Å². The molecule has 0 radical (unpaired) electrons. The third kappa shape index (κ3) is 5.94. The molecule has 31 heavy (non-hydrogen) atoms. The van der Waals surface area contributed by atoms with E-state index in [0.29, 0.717) is 5.56 Å². The van der Waals surface area contributed by atoms with Crippen LogP contribution in [0.5, 0.6) is 0 Å². The van der Waals surface area contributed by atoms with Crippen molar-refractivity contribution in [1.29, 1.82) is 0 Å². The monoisotopic (exact) mass is 459 g/mol. The highest BCUT2D eigenvalue weighted by Crippen LogP contribution is 2.34. The normalized spacial score (nSPS) is 15.5. The molecule has 2 aromatic rings. The summed E-state index contributed by atoms with van der Waals surface area (Å²) in [6.07, 6.45) is 0.133. The lowest BCUT2D eigenvalue weighted by Gasteiger charge is -2.24. The van der Waals surface area contributed by atoms with E-state index in [1.54, 1.807) is 12.1 Å². The van der Waals surface area contributed by atoms with Crippen molar-refractivity contribution in [2.45, 2.75) is 31.6 Å². The summed E-state index contributed by atoms with van der Waals surface area (Å²) >= 11 is 0. The highest BCUT2D eigenvalue weighted by atomic mass is 32.2. The number of sulfonamides is 1. The Kier molecular flexibility index (Phi) is 6.84. The summed E-state index contributed by atoms with van der Waals surface area (Å²) in [6, 6.07) is 3.23. The Morgan fingerprint density at radius 1 is 1.26 bits per heavy atom. The first-order chi connectivity index (χ1) is 14.6. The van der Waals surface area contributed by atoms with Crippen LogP contribution in [-0.4, -0.2) is 55.8 Å². The molecule has 0 aromatic carbocycles. The van der Waals surface area contributed by atoms with Gasteiger partial charge in [0.05, 0.1) is 6.26 Å². The third-order valence-electron chi connectivity index (χ3n) is 4.88. The number of aromatic nitrogens is 3. The van der Waals surface area contributed by atoms with Crippen molar-refractivity contribution in [3.05, 3.63) is 35.7 Å². The number of rotatable bonds is 7. The zero-order valence-corrected chi connectivity index (χ0v) is 17.9. The smallest absolute Gasteiger partial charge is 0.365 e. The molecule has 0 aliphatic carbocycles. The molecule has 0 bridgehead atoms. The zero-order chi connectivity index (χ0) is 22.6. The Bertz CT molecular complexity index is 1010. The quantitative estimate of drug-likeness (QED) is 0.577. The zero-order valence-electron chi connectivity index (χ0n) is 17.1. The Morgan fingerprint density at radius 2 is 1.97 bits per heavy atom. The molecule has 1 aliphatic rings. The molecule has 3 N–H and O–H groups in total. The van der Waals surface area contributed by atoms with Crippen molar-refractivity contribution < 1.29 is 21.6 Å². The van der Waals surface area contributed by atoms with Gasteiger partial charge in [0.2, 0.25) is 16.0 Å². The number of nitrogens with one attached hydrogen (secondary N) is 3. The van der Waals surface area contributed by atoms with Gasteiger partial charge in [-0.05, 0) is 32.0 Å². The predicted octanol–water partition coefficient (Wildman–Crippen LogP) is 2.06. The Balaban J connectivity index is 1.85. The summed E-state index contributed by atoms with van der Waals surface area (Å²) in [5.41, 5.74) is -0.611. The molecule has 0 spiro atoms. The summed E-state index contributed by atoms with van der Waals surface area (Å²) < 4.78 is 65.1. The molecular weight excluding hydrogens is 435 g/mol. The SMILES string of the molecule is CN(c1ncccc1CNc1nc(NC2CCNCC2)ncc1C(F)(F)F)S(C)(=O)=O. The number of hydrogen-bond acceptors (Lipinski definition) is 8. The summed E-state index contributed by atoms with van der Waals surface area (Å²) in [5.74, 6) is -0.175. The van der Waals surface area contributed by atoms with E-state index in [4.69, 9.17) is 0 Å². The summed E-state index contributed by atoms with van der Waals surface area (Å²) in [6.45, 7) is 1.50. The second-order valence-corrected chi connectivity index (χ2v) is 9.21. The van der Waals surface area contributed by atoms with Crippen molar-refractivity contribution in [1.82, 2.24) is 20.3 Å². The van der Waals surface area contributed by atoms with E-state index in [0.717, 1.165) is 42.7 Å². The van der Waals surface area contributed by atoms with E-state index in [9.17, 15) is 21.6 Å². The first kappa shape index (κ1) is 23.0. The fraction of sp³-hybridized carbons (Fsp3) is 0.500. The molecule has 13 heteroatoms. The van der Waals surface area contributed by atoms with Crippen LogP contribution in [0.1, 0.15) is 24.0 Å². The van der Waals surface area contributed by atoms with Crippen molar-refractivity contribution in [3.8, 4) is 0 Å². The number of anilines is 3. The molecule has 2 aromatic heterocycles. The van der Waals surface area contributed by atoms with Crippen LogP contribution in [-0.2, 0) is 22.7 Å². The molecule has 1 fully saturated rings. The van der Waals surface area contributed by atoms with Gasteiger partial charge < -0.3 is 16.0 Å². The van der Waals surface area contributed by atoms with Gasteiger partial charge in [-0.1, -0.05) is 6.07 Å². The van der Waals surface area contributed by atoms with Gasteiger partial charge in [-0.3, -0.25) is 4.31 Å². The highest BCUT2D eigenvalue weighted by Gasteiger charge is 2.35. The van der Waals surface area contributed by atoms with Crippen molar-refractivity contribution >= 4 is 27.6 Å². The van der Waals surface area contributed by atoms with E-state index in [-0.39, 0.29) is 24.4 Å². The minimum absolute atomic E-state index is 0.0687. The molecule has 0 unspecified atom stereocenters. The van der Waals surface area contributed by atoms with E-state index < -0.39 is 27.6 Å². The van der Waals surface area contributed by atoms with Crippen LogP contribution < -0.4 is 20.3 Å². The Labute approximate surface area is 178 Å². The van der Waals surface area contributed by atoms with Gasteiger partial charge in [-0.15, -0.1) is 0 Å². The van der Waals surface area contributed by atoms with E-state index in [1.165, 1.54) is 13.2 Å². The number of nitrogens with zero attached hydrogens (tertiary/aromatic N) is 4. The van der Waals surface area contributed by atoms with Crippen LogP contribution in [0.2, 0.25) is 0 Å². The van der Waals surface area contributed by atoms with E-state index in [2.05, 4.69) is 30.9 Å². The summed E-state index contributed by atoms with van der Waals surface area (Å²) in [4.78, 5) is 11.9. The minimum atomic E-state index is -4.66. The van der Waals surface area contributed by atoms with Gasteiger partial charge in [0.1, 0.15) is 17.2 Å². The highest BCUT2D eigenvalue weighted by molar-refractivity contribution is 7.92. The minimum Gasteiger partial charge on any atom is -0.365 e. The van der Waals surface area contributed by atoms with Crippen LogP contribution >= 0.6 is 0 Å². The fourth-order valence-electron chi connectivity index (χ4n) is 3.13. The maximum atomic E-state index is 13.5. The van der Waals surface area contributed by atoms with E-state index in [1.807, 2.05) is 0 Å². The first-order valence-electron chi connectivity index (χ1n) is 9.59. The molecular formula is C18H24F3N7O2S. The van der Waals surface area contributed by atoms with Crippen molar-refractivity contribution in [2.24, 2.45) is 0 Å². The summed E-state index contributed by atoms with van der Waals surface area (Å²) in [7, 11) is -2.27. The number of pyridine rings is 1. The average Bonchev–Trinajstić information content (AvgIpc) is 2.71. The Morgan fingerprint density at radius 3 is 2.61 bits per heavy atom. The van der Waals surface area contributed by atoms with Crippen LogP contribution in [0.15, 0.2) is 24.5 Å². The molecule has 0 amide bonds. The standard InChI is InChI=1S/C18H24F3N7O2S/c1-28(31(2,29)30)16-12(4-3-7-23-16)10-24-15-14(18(19,20)21)11-25-17(27-15)26-13-5-8-22-9-6-13/h3-4,7,11,13,22H,5-6,8-10H2,1-2H3,(H2,24,25,26,27). The van der Waals surface area contributed by atoms with Gasteiger partial charge in [-0.25, -0.2) is 18.4 Å². The summed E-state index contributed by atoms with van der Waals surface area (Å²) in [5, 5.41) is 8.96. The lowest BCUT2D eigenvalue weighted by molar-refractivity contribution is -0.137. The molecule has 1 saturated heterocycles. The molecule has 0 atom stereocenters. The van der Waals surface area contributed by atoms with Gasteiger partial charge in [-0.2, -0.15) is 18.2 Å². The topological polar surface area (TPSA) is 112 Å². The average molecular weight is 459 g/mol. The van der Waals surface area contributed by atoms with E-state index >= 15 is 0 Å². The maximum Gasteiger partial charge on any atom is 0.421 e. The second kappa shape index (κ2) is 9.22. The van der Waals surface area contributed by atoms with Crippen LogP contribution in [0.25, 0.3) is 0 Å². The molecule has 9 nitrogen and oxygen atoms in total. The molecule has 3 heterocycles. The van der Waals surface area contributed by atoms with Crippen LogP contribution in [0.3, 0.4) is 0 Å². The molecule has 1 aliphatic heterocycles. The van der Waals surface area contributed by atoms with Gasteiger partial charge in [0, 0.05) is 37.6 Å². The lowest BCUT2D eigenvalue weighted by atomic mass is 10.1. The van der Waals surface area contributed by atoms with Crippen LogP contribution in [0.4, 0.5) is 30.8 Å². The number of hydrogen-bond donors (Lipinski definition) is 3. The fourth-order valence-corrected chi connectivity index (χ4v) is 3.61. The third-order valence-corrected chi connectivity index (χ3v) is 6.04. The number of alkyl halides is 3. The Hall–Kier alpha value is -2.67. The van der Waals surface area contributed by atoms with Gasteiger partial charge in [0.15, 0.2) is 0 Å².